The van der Waals surface area contributed by atoms with Crippen LogP contribution in [0, 0.1) is 0 Å². The molecule has 198 valence electrons. The Balaban J connectivity index is 1.26. The highest BCUT2D eigenvalue weighted by molar-refractivity contribution is 5.77. The van der Waals surface area contributed by atoms with Gasteiger partial charge in [0.05, 0.1) is 18.1 Å². The summed E-state index contributed by atoms with van der Waals surface area (Å²) in [6, 6.07) is 16.7. The van der Waals surface area contributed by atoms with E-state index in [1.807, 2.05) is 30.3 Å². The van der Waals surface area contributed by atoms with Crippen molar-refractivity contribution in [3.63, 3.8) is 0 Å². The van der Waals surface area contributed by atoms with Crippen LogP contribution < -0.4 is 5.56 Å². The number of carbonyl (C=O) groups is 1. The number of aromatic nitrogens is 4. The summed E-state index contributed by atoms with van der Waals surface area (Å²) in [7, 11) is 0. The van der Waals surface area contributed by atoms with Crippen LogP contribution >= 0.6 is 0 Å². The lowest BCUT2D eigenvalue weighted by molar-refractivity contribution is -0.162. The summed E-state index contributed by atoms with van der Waals surface area (Å²) in [6.45, 7) is 0.105. The average Bonchev–Trinajstić information content (AvgIpc) is 3.34. The van der Waals surface area contributed by atoms with Crippen LogP contribution in [-0.4, -0.2) is 59.9 Å². The number of para-hydroxylation sites is 1. The number of imidazole rings is 1. The lowest BCUT2D eigenvalue weighted by Gasteiger charge is -2.39. The fourth-order valence-corrected chi connectivity index (χ4v) is 4.88. The lowest BCUT2D eigenvalue weighted by atomic mass is 9.90. The van der Waals surface area contributed by atoms with Gasteiger partial charge in [-0.2, -0.15) is 13.2 Å². The highest BCUT2D eigenvalue weighted by Crippen LogP contribution is 2.38. The zero-order valence-electron chi connectivity index (χ0n) is 20.4. The molecule has 1 aliphatic heterocycles. The molecular formula is C27H26F3N5O3. The predicted octanol–water partition coefficient (Wildman–Crippen LogP) is 3.67. The third kappa shape index (κ3) is 5.19. The van der Waals surface area contributed by atoms with Crippen molar-refractivity contribution in [3.05, 3.63) is 89.2 Å². The van der Waals surface area contributed by atoms with Crippen LogP contribution in [0.4, 0.5) is 13.2 Å². The predicted molar refractivity (Wildman–Crippen MR) is 134 cm³/mol. The van der Waals surface area contributed by atoms with Crippen LogP contribution in [-0.2, 0) is 11.3 Å². The molecule has 1 fully saturated rings. The van der Waals surface area contributed by atoms with Crippen molar-refractivity contribution < 1.29 is 23.1 Å². The Hall–Kier alpha value is -3.99. The molecule has 1 saturated heterocycles. The van der Waals surface area contributed by atoms with Gasteiger partial charge in [-0.05, 0) is 30.5 Å². The number of fused-ring (bicyclic) bond motifs is 1. The first-order valence-electron chi connectivity index (χ1n) is 12.2. The van der Waals surface area contributed by atoms with Crippen LogP contribution in [0.1, 0.15) is 30.7 Å². The maximum absolute atomic E-state index is 13.7. The van der Waals surface area contributed by atoms with Crippen molar-refractivity contribution in [2.45, 2.75) is 43.5 Å². The molecule has 8 nitrogen and oxygen atoms in total. The molecule has 3 heterocycles. The maximum Gasteiger partial charge on any atom is 0.396 e. The third-order valence-corrected chi connectivity index (χ3v) is 7.05. The smallest absolute Gasteiger partial charge is 0.388 e. The number of carbonyl (C=O) groups excluding carboxylic acids is 1. The van der Waals surface area contributed by atoms with Crippen LogP contribution in [0.15, 0.2) is 78.1 Å². The van der Waals surface area contributed by atoms with E-state index >= 15 is 0 Å². The Labute approximate surface area is 216 Å². The van der Waals surface area contributed by atoms with Crippen molar-refractivity contribution in [2.24, 2.45) is 0 Å². The molecule has 0 unspecified atom stereocenters. The molecule has 0 spiro atoms. The standard InChI is InChI=1S/C27H26F3N5O3/c28-27(29,30)21(19-7-3-1-4-8-19)15-22(36)33-13-11-26(38,12-14-33)16-34-17-32-24-23(25(34)37)31-18-35(24)20-9-5-2-6-10-20/h1-10,17-18,21,38H,11-16H2/t21-/m1/s1. The molecule has 2 aromatic carbocycles. The fourth-order valence-electron chi connectivity index (χ4n) is 4.88. The molecule has 1 amide bonds. The SMILES string of the molecule is O=C(C[C@H](c1ccccc1)C(F)(F)F)N1CCC(O)(Cn2cnc3c(ncn3-c3ccccc3)c2=O)CC1. The Kier molecular flexibility index (Phi) is 6.78. The normalized spacial score (nSPS) is 16.5. The number of amides is 1. The van der Waals surface area contributed by atoms with E-state index in [9.17, 15) is 27.9 Å². The second-order valence-electron chi connectivity index (χ2n) is 9.61. The molecule has 0 radical (unpaired) electrons. The first kappa shape index (κ1) is 25.7. The number of hydrogen-bond donors (Lipinski definition) is 1. The van der Waals surface area contributed by atoms with Crippen LogP contribution in [0.5, 0.6) is 0 Å². The molecule has 5 rings (SSSR count). The van der Waals surface area contributed by atoms with Gasteiger partial charge in [0.25, 0.3) is 5.56 Å². The number of halogens is 3. The van der Waals surface area contributed by atoms with Gasteiger partial charge in [-0.1, -0.05) is 48.5 Å². The molecule has 0 saturated carbocycles. The van der Waals surface area contributed by atoms with Gasteiger partial charge in [0.1, 0.15) is 12.7 Å². The zero-order chi connectivity index (χ0) is 26.9. The quantitative estimate of drug-likeness (QED) is 0.415. The summed E-state index contributed by atoms with van der Waals surface area (Å²) in [6.07, 6.45) is -2.16. The van der Waals surface area contributed by atoms with E-state index in [4.69, 9.17) is 0 Å². The topological polar surface area (TPSA) is 93.2 Å². The number of rotatable bonds is 6. The van der Waals surface area contributed by atoms with Gasteiger partial charge in [0.15, 0.2) is 11.2 Å². The largest absolute Gasteiger partial charge is 0.396 e. The summed E-state index contributed by atoms with van der Waals surface area (Å²) in [5, 5.41) is 11.2. The second-order valence-corrected chi connectivity index (χ2v) is 9.61. The van der Waals surface area contributed by atoms with Gasteiger partial charge in [-0.15, -0.1) is 0 Å². The van der Waals surface area contributed by atoms with E-state index in [2.05, 4.69) is 9.97 Å². The van der Waals surface area contributed by atoms with E-state index in [0.29, 0.717) is 5.65 Å². The number of likely N-dealkylation sites (tertiary alicyclic amines) is 1. The van der Waals surface area contributed by atoms with Crippen molar-refractivity contribution in [3.8, 4) is 5.69 Å². The average molecular weight is 526 g/mol. The summed E-state index contributed by atoms with van der Waals surface area (Å²) in [5.41, 5.74) is -0.336. The first-order valence-corrected chi connectivity index (χ1v) is 12.2. The Morgan fingerprint density at radius 1 is 0.974 bits per heavy atom. The highest BCUT2D eigenvalue weighted by Gasteiger charge is 2.43. The number of nitrogens with zero attached hydrogens (tertiary/aromatic N) is 5. The number of aliphatic hydroxyl groups is 1. The fraction of sp³-hybridized carbons (Fsp3) is 0.333. The van der Waals surface area contributed by atoms with E-state index in [-0.39, 0.29) is 43.6 Å². The summed E-state index contributed by atoms with van der Waals surface area (Å²) >= 11 is 0. The highest BCUT2D eigenvalue weighted by atomic mass is 19.4. The third-order valence-electron chi connectivity index (χ3n) is 7.05. The minimum absolute atomic E-state index is 0.0406. The van der Waals surface area contributed by atoms with E-state index in [1.54, 1.807) is 10.6 Å². The van der Waals surface area contributed by atoms with Crippen LogP contribution in [0.2, 0.25) is 0 Å². The maximum atomic E-state index is 13.7. The summed E-state index contributed by atoms with van der Waals surface area (Å²) in [4.78, 5) is 35.8. The Morgan fingerprint density at radius 3 is 2.24 bits per heavy atom. The van der Waals surface area contributed by atoms with E-state index < -0.39 is 35.6 Å². The van der Waals surface area contributed by atoms with Crippen molar-refractivity contribution in [1.82, 2.24) is 24.0 Å². The molecule has 0 aliphatic carbocycles. The monoisotopic (exact) mass is 525 g/mol. The molecule has 11 heteroatoms. The van der Waals surface area contributed by atoms with E-state index in [1.165, 1.54) is 46.4 Å². The summed E-state index contributed by atoms with van der Waals surface area (Å²) in [5.74, 6) is -2.52. The van der Waals surface area contributed by atoms with Gasteiger partial charge in [0.2, 0.25) is 5.91 Å². The lowest BCUT2D eigenvalue weighted by Crippen LogP contribution is -2.50. The Bertz CT molecular complexity index is 1480. The number of hydrogen-bond acceptors (Lipinski definition) is 5. The molecule has 38 heavy (non-hydrogen) atoms. The molecule has 1 atom stereocenters. The van der Waals surface area contributed by atoms with Crippen LogP contribution in [0.25, 0.3) is 16.9 Å². The molecule has 1 aliphatic rings. The van der Waals surface area contributed by atoms with Gasteiger partial charge in [-0.3, -0.25) is 18.7 Å². The van der Waals surface area contributed by atoms with Gasteiger partial charge in [-0.25, -0.2) is 9.97 Å². The number of piperidine rings is 1. The van der Waals surface area contributed by atoms with Crippen LogP contribution in [0.3, 0.4) is 0 Å². The molecule has 0 bridgehead atoms. The van der Waals surface area contributed by atoms with Crippen molar-refractivity contribution in [2.75, 3.05) is 13.1 Å². The van der Waals surface area contributed by atoms with Gasteiger partial charge in [0, 0.05) is 25.2 Å². The molecular weight excluding hydrogens is 499 g/mol. The molecule has 2 aromatic heterocycles. The van der Waals surface area contributed by atoms with Crippen molar-refractivity contribution in [1.29, 1.82) is 0 Å². The number of alkyl halides is 3. The Morgan fingerprint density at radius 2 is 1.61 bits per heavy atom. The van der Waals surface area contributed by atoms with E-state index in [0.717, 1.165) is 5.69 Å². The molecule has 1 N–H and O–H groups in total. The first-order chi connectivity index (χ1) is 18.1. The number of benzene rings is 2. The molecule has 4 aromatic rings. The van der Waals surface area contributed by atoms with Gasteiger partial charge >= 0.3 is 6.18 Å². The minimum atomic E-state index is -4.56. The van der Waals surface area contributed by atoms with Gasteiger partial charge < -0.3 is 10.0 Å². The second kappa shape index (κ2) is 10.1. The summed E-state index contributed by atoms with van der Waals surface area (Å²) < 4.78 is 44.1. The van der Waals surface area contributed by atoms with Crippen molar-refractivity contribution >= 4 is 17.1 Å². The zero-order valence-corrected chi connectivity index (χ0v) is 20.4. The minimum Gasteiger partial charge on any atom is -0.388 e.